The van der Waals surface area contributed by atoms with Crippen LogP contribution in [0.5, 0.6) is 11.5 Å². The topological polar surface area (TPSA) is 47.6 Å². The number of fused-ring (bicyclic) bond motifs is 1. The highest BCUT2D eigenvalue weighted by atomic mass is 16.7. The largest absolute Gasteiger partial charge is 0.454 e. The highest BCUT2D eigenvalue weighted by molar-refractivity contribution is 6.09. The van der Waals surface area contributed by atoms with Crippen LogP contribution in [-0.4, -0.2) is 19.6 Å². The maximum absolute atomic E-state index is 12.3. The number of carbonyl (C=O) groups is 1. The van der Waals surface area contributed by atoms with Gasteiger partial charge in [-0.05, 0) is 42.5 Å². The standard InChI is InChI=1S/C15H13NO3/c1-16-12-5-2-10(3-6-12)15(17)11-4-7-13-14(8-11)19-9-18-13/h2-8,16H,9H2,1H3. The first-order valence-corrected chi connectivity index (χ1v) is 6.00. The highest BCUT2D eigenvalue weighted by Gasteiger charge is 2.17. The van der Waals surface area contributed by atoms with Crippen molar-refractivity contribution < 1.29 is 14.3 Å². The number of nitrogens with one attached hydrogen (secondary N) is 1. The van der Waals surface area contributed by atoms with Gasteiger partial charge in [0.1, 0.15) is 0 Å². The number of ketones is 1. The first-order chi connectivity index (χ1) is 9.28. The van der Waals surface area contributed by atoms with Gasteiger partial charge in [0.05, 0.1) is 0 Å². The molecule has 0 fully saturated rings. The number of hydrogen-bond donors (Lipinski definition) is 1. The van der Waals surface area contributed by atoms with Crippen LogP contribution in [-0.2, 0) is 0 Å². The van der Waals surface area contributed by atoms with Crippen molar-refractivity contribution >= 4 is 11.5 Å². The van der Waals surface area contributed by atoms with Gasteiger partial charge < -0.3 is 14.8 Å². The van der Waals surface area contributed by atoms with Crippen molar-refractivity contribution in [3.63, 3.8) is 0 Å². The second-order valence-electron chi connectivity index (χ2n) is 4.22. The summed E-state index contributed by atoms with van der Waals surface area (Å²) in [5.74, 6) is 1.28. The number of anilines is 1. The molecule has 1 N–H and O–H groups in total. The van der Waals surface area contributed by atoms with E-state index in [2.05, 4.69) is 5.32 Å². The molecule has 0 radical (unpaired) electrons. The number of ether oxygens (including phenoxy) is 2. The summed E-state index contributed by atoms with van der Waals surface area (Å²) in [4.78, 5) is 12.3. The summed E-state index contributed by atoms with van der Waals surface area (Å²) in [6.45, 7) is 0.212. The van der Waals surface area contributed by atoms with E-state index in [1.807, 2.05) is 19.2 Å². The molecule has 2 aromatic rings. The molecular formula is C15H13NO3. The van der Waals surface area contributed by atoms with Gasteiger partial charge in [0.2, 0.25) is 6.79 Å². The van der Waals surface area contributed by atoms with Gasteiger partial charge in [-0.15, -0.1) is 0 Å². The van der Waals surface area contributed by atoms with Crippen LogP contribution in [0.2, 0.25) is 0 Å². The predicted molar refractivity (Wildman–Crippen MR) is 72.0 cm³/mol. The Bertz CT molecular complexity index is 620. The van der Waals surface area contributed by atoms with Gasteiger partial charge >= 0.3 is 0 Å². The summed E-state index contributed by atoms with van der Waals surface area (Å²) in [6.07, 6.45) is 0. The van der Waals surface area contributed by atoms with Crippen molar-refractivity contribution in [3.05, 3.63) is 53.6 Å². The molecule has 0 bridgehead atoms. The minimum atomic E-state index is -0.0269. The molecule has 0 aromatic heterocycles. The summed E-state index contributed by atoms with van der Waals surface area (Å²) in [5.41, 5.74) is 2.22. The van der Waals surface area contributed by atoms with E-state index < -0.39 is 0 Å². The Morgan fingerprint density at radius 2 is 1.68 bits per heavy atom. The van der Waals surface area contributed by atoms with Crippen LogP contribution >= 0.6 is 0 Å². The Morgan fingerprint density at radius 3 is 2.42 bits per heavy atom. The van der Waals surface area contributed by atoms with Gasteiger partial charge in [-0.25, -0.2) is 0 Å². The van der Waals surface area contributed by atoms with Gasteiger partial charge in [0, 0.05) is 23.9 Å². The zero-order valence-corrected chi connectivity index (χ0v) is 10.5. The number of hydrogen-bond acceptors (Lipinski definition) is 4. The lowest BCUT2D eigenvalue weighted by Crippen LogP contribution is -2.01. The van der Waals surface area contributed by atoms with E-state index in [0.717, 1.165) is 5.69 Å². The molecule has 0 saturated carbocycles. The van der Waals surface area contributed by atoms with Gasteiger partial charge in [-0.2, -0.15) is 0 Å². The summed E-state index contributed by atoms with van der Waals surface area (Å²) in [5, 5.41) is 3.02. The normalized spacial score (nSPS) is 12.3. The van der Waals surface area contributed by atoms with Crippen LogP contribution in [0.25, 0.3) is 0 Å². The monoisotopic (exact) mass is 255 g/mol. The fourth-order valence-electron chi connectivity index (χ4n) is 1.99. The van der Waals surface area contributed by atoms with E-state index in [9.17, 15) is 4.79 Å². The minimum absolute atomic E-state index is 0.0269. The van der Waals surface area contributed by atoms with Crippen molar-refractivity contribution in [1.29, 1.82) is 0 Å². The van der Waals surface area contributed by atoms with Gasteiger partial charge in [-0.3, -0.25) is 4.79 Å². The maximum Gasteiger partial charge on any atom is 0.231 e. The second-order valence-corrected chi connectivity index (χ2v) is 4.22. The molecule has 19 heavy (non-hydrogen) atoms. The molecule has 1 aliphatic heterocycles. The van der Waals surface area contributed by atoms with Crippen molar-refractivity contribution in [2.24, 2.45) is 0 Å². The quantitative estimate of drug-likeness (QED) is 0.857. The average Bonchev–Trinajstić information content (AvgIpc) is 2.94. The minimum Gasteiger partial charge on any atom is -0.454 e. The molecule has 1 aliphatic rings. The van der Waals surface area contributed by atoms with Crippen molar-refractivity contribution in [2.45, 2.75) is 0 Å². The lowest BCUT2D eigenvalue weighted by atomic mass is 10.0. The Morgan fingerprint density at radius 1 is 1.00 bits per heavy atom. The predicted octanol–water partition coefficient (Wildman–Crippen LogP) is 2.69. The van der Waals surface area contributed by atoms with E-state index in [-0.39, 0.29) is 12.6 Å². The van der Waals surface area contributed by atoms with Crippen LogP contribution in [0.15, 0.2) is 42.5 Å². The molecule has 4 nitrogen and oxygen atoms in total. The Labute approximate surface area is 111 Å². The number of rotatable bonds is 3. The third-order valence-electron chi connectivity index (χ3n) is 3.07. The van der Waals surface area contributed by atoms with E-state index in [0.29, 0.717) is 22.6 Å². The zero-order chi connectivity index (χ0) is 13.2. The van der Waals surface area contributed by atoms with Crippen LogP contribution in [0.1, 0.15) is 15.9 Å². The maximum atomic E-state index is 12.3. The van der Waals surface area contributed by atoms with Crippen LogP contribution in [0, 0.1) is 0 Å². The molecule has 4 heteroatoms. The second kappa shape index (κ2) is 4.65. The molecule has 0 atom stereocenters. The smallest absolute Gasteiger partial charge is 0.231 e. The summed E-state index contributed by atoms with van der Waals surface area (Å²) in [7, 11) is 1.84. The average molecular weight is 255 g/mol. The van der Waals surface area contributed by atoms with Gasteiger partial charge in [0.15, 0.2) is 17.3 Å². The van der Waals surface area contributed by atoms with Crippen LogP contribution < -0.4 is 14.8 Å². The van der Waals surface area contributed by atoms with Crippen LogP contribution in [0.3, 0.4) is 0 Å². The van der Waals surface area contributed by atoms with Gasteiger partial charge in [0.25, 0.3) is 0 Å². The first kappa shape index (κ1) is 11.6. The zero-order valence-electron chi connectivity index (χ0n) is 10.5. The number of carbonyl (C=O) groups excluding carboxylic acids is 1. The molecule has 96 valence electrons. The van der Waals surface area contributed by atoms with Gasteiger partial charge in [-0.1, -0.05) is 0 Å². The van der Waals surface area contributed by atoms with Crippen molar-refractivity contribution in [2.75, 3.05) is 19.2 Å². The van der Waals surface area contributed by atoms with Crippen molar-refractivity contribution in [3.8, 4) is 11.5 Å². The molecule has 0 amide bonds. The molecule has 0 unspecified atom stereocenters. The van der Waals surface area contributed by atoms with E-state index >= 15 is 0 Å². The molecule has 0 saturated heterocycles. The first-order valence-electron chi connectivity index (χ1n) is 6.00. The highest BCUT2D eigenvalue weighted by Crippen LogP contribution is 2.33. The Hall–Kier alpha value is -2.49. The third-order valence-corrected chi connectivity index (χ3v) is 3.07. The van der Waals surface area contributed by atoms with E-state index in [1.54, 1.807) is 30.3 Å². The summed E-state index contributed by atoms with van der Waals surface area (Å²) >= 11 is 0. The lowest BCUT2D eigenvalue weighted by molar-refractivity contribution is 0.103. The van der Waals surface area contributed by atoms with Crippen LogP contribution in [0.4, 0.5) is 5.69 Å². The molecule has 2 aromatic carbocycles. The lowest BCUT2D eigenvalue weighted by Gasteiger charge is -2.04. The molecule has 0 aliphatic carbocycles. The fraction of sp³-hybridized carbons (Fsp3) is 0.133. The van der Waals surface area contributed by atoms with E-state index in [1.165, 1.54) is 0 Å². The fourth-order valence-corrected chi connectivity index (χ4v) is 1.99. The number of benzene rings is 2. The van der Waals surface area contributed by atoms with E-state index in [4.69, 9.17) is 9.47 Å². The molecule has 0 spiro atoms. The molecular weight excluding hydrogens is 242 g/mol. The molecule has 3 rings (SSSR count). The Balaban J connectivity index is 1.90. The molecule has 1 heterocycles. The SMILES string of the molecule is CNc1ccc(C(=O)c2ccc3c(c2)OCO3)cc1. The summed E-state index contributed by atoms with van der Waals surface area (Å²) < 4.78 is 10.5. The summed E-state index contributed by atoms with van der Waals surface area (Å²) in [6, 6.07) is 12.6. The third kappa shape index (κ3) is 2.12. The van der Waals surface area contributed by atoms with Crippen molar-refractivity contribution in [1.82, 2.24) is 0 Å². The Kier molecular flexibility index (Phi) is 2.83.